The molecule has 1 fully saturated rings. The van der Waals surface area contributed by atoms with Gasteiger partial charge in [-0.3, -0.25) is 4.79 Å². The van der Waals surface area contributed by atoms with Gasteiger partial charge >= 0.3 is 0 Å². The van der Waals surface area contributed by atoms with E-state index in [1.807, 2.05) is 60.4 Å². The second-order valence-corrected chi connectivity index (χ2v) is 6.56. The number of anilines is 1. The normalized spacial score (nSPS) is 15.8. The number of hydrogen-bond acceptors (Lipinski definition) is 3. The Morgan fingerprint density at radius 3 is 2.44 bits per heavy atom. The molecule has 2 aromatic carbocycles. The summed E-state index contributed by atoms with van der Waals surface area (Å²) in [4.78, 5) is 17.0. The summed E-state index contributed by atoms with van der Waals surface area (Å²) in [6.07, 6.45) is 0.225. The number of halogens is 1. The van der Waals surface area contributed by atoms with Gasteiger partial charge in [0, 0.05) is 36.9 Å². The Bertz CT molecular complexity index is 700. The number of benzene rings is 2. The molecule has 0 aromatic heterocycles. The van der Waals surface area contributed by atoms with Gasteiger partial charge in [0.1, 0.15) is 5.75 Å². The molecule has 4 nitrogen and oxygen atoms in total. The summed E-state index contributed by atoms with van der Waals surface area (Å²) in [6, 6.07) is 17.4. The maximum absolute atomic E-state index is 12.8. The lowest BCUT2D eigenvalue weighted by atomic mass is 10.2. The van der Waals surface area contributed by atoms with Crippen molar-refractivity contribution in [1.82, 2.24) is 4.90 Å². The Morgan fingerprint density at radius 1 is 1.08 bits per heavy atom. The zero-order valence-corrected chi connectivity index (χ0v) is 15.2. The van der Waals surface area contributed by atoms with Crippen molar-refractivity contribution in [3.05, 3.63) is 59.6 Å². The monoisotopic (exact) mass is 358 g/mol. The van der Waals surface area contributed by atoms with Crippen molar-refractivity contribution in [2.75, 3.05) is 31.1 Å². The van der Waals surface area contributed by atoms with E-state index < -0.39 is 6.10 Å². The van der Waals surface area contributed by atoms with Gasteiger partial charge in [-0.25, -0.2) is 0 Å². The first kappa shape index (κ1) is 17.6. The fourth-order valence-electron chi connectivity index (χ4n) is 3.03. The van der Waals surface area contributed by atoms with Gasteiger partial charge in [-0.15, -0.1) is 0 Å². The molecule has 0 bridgehead atoms. The molecule has 1 atom stereocenters. The molecule has 0 unspecified atom stereocenters. The Balaban J connectivity index is 1.58. The zero-order valence-electron chi connectivity index (χ0n) is 14.4. The number of piperazine rings is 1. The molecule has 3 rings (SSSR count). The molecule has 25 heavy (non-hydrogen) atoms. The number of hydrogen-bond donors (Lipinski definition) is 0. The van der Waals surface area contributed by atoms with Crippen LogP contribution in [0.4, 0.5) is 5.69 Å². The van der Waals surface area contributed by atoms with Crippen molar-refractivity contribution < 1.29 is 9.53 Å². The summed E-state index contributed by atoms with van der Waals surface area (Å²) < 4.78 is 5.88. The third-order valence-corrected chi connectivity index (χ3v) is 4.67. The lowest BCUT2D eigenvalue weighted by Crippen LogP contribution is -2.52. The average Bonchev–Trinajstić information content (AvgIpc) is 2.66. The SMILES string of the molecule is CC[C@@H](Oc1ccccc1)C(=O)N1CCN(c2cccc(Cl)c2)CC1. The lowest BCUT2D eigenvalue weighted by molar-refractivity contribution is -0.139. The average molecular weight is 359 g/mol. The van der Waals surface area contributed by atoms with E-state index in [0.717, 1.165) is 29.5 Å². The first-order chi connectivity index (χ1) is 12.2. The van der Waals surface area contributed by atoms with Crippen LogP contribution in [0.25, 0.3) is 0 Å². The molecule has 0 N–H and O–H groups in total. The number of para-hydroxylation sites is 1. The molecule has 0 aliphatic carbocycles. The van der Waals surface area contributed by atoms with Gasteiger partial charge in [0.05, 0.1) is 0 Å². The number of carbonyl (C=O) groups is 1. The van der Waals surface area contributed by atoms with E-state index in [4.69, 9.17) is 16.3 Å². The van der Waals surface area contributed by atoms with E-state index in [1.54, 1.807) is 0 Å². The summed E-state index contributed by atoms with van der Waals surface area (Å²) in [6.45, 7) is 4.97. The Morgan fingerprint density at radius 2 is 1.80 bits per heavy atom. The topological polar surface area (TPSA) is 32.8 Å². The van der Waals surface area contributed by atoms with Gasteiger partial charge in [-0.05, 0) is 36.8 Å². The quantitative estimate of drug-likeness (QED) is 0.814. The summed E-state index contributed by atoms with van der Waals surface area (Å²) >= 11 is 6.07. The number of nitrogens with zero attached hydrogens (tertiary/aromatic N) is 2. The van der Waals surface area contributed by atoms with E-state index in [2.05, 4.69) is 11.0 Å². The van der Waals surface area contributed by atoms with Crippen molar-refractivity contribution in [1.29, 1.82) is 0 Å². The number of carbonyl (C=O) groups excluding carboxylic acids is 1. The van der Waals surface area contributed by atoms with Crippen LogP contribution in [0.5, 0.6) is 5.75 Å². The fourth-order valence-corrected chi connectivity index (χ4v) is 3.22. The molecule has 2 aromatic rings. The molecule has 132 valence electrons. The highest BCUT2D eigenvalue weighted by Gasteiger charge is 2.28. The van der Waals surface area contributed by atoms with E-state index >= 15 is 0 Å². The Labute approximate surface area is 154 Å². The molecule has 1 aliphatic heterocycles. The highest BCUT2D eigenvalue weighted by atomic mass is 35.5. The number of amides is 1. The Hall–Kier alpha value is -2.20. The van der Waals surface area contributed by atoms with Crippen LogP contribution in [0.15, 0.2) is 54.6 Å². The standard InChI is InChI=1S/C20H23ClN2O2/c1-2-19(25-18-9-4-3-5-10-18)20(24)23-13-11-22(12-14-23)17-8-6-7-16(21)15-17/h3-10,15,19H,2,11-14H2,1H3/t19-/m1/s1. The lowest BCUT2D eigenvalue weighted by Gasteiger charge is -2.37. The minimum atomic E-state index is -0.430. The van der Waals surface area contributed by atoms with Crippen LogP contribution < -0.4 is 9.64 Å². The van der Waals surface area contributed by atoms with E-state index in [-0.39, 0.29) is 5.91 Å². The van der Waals surface area contributed by atoms with Crippen molar-refractivity contribution >= 4 is 23.2 Å². The van der Waals surface area contributed by atoms with Crippen molar-refractivity contribution in [2.45, 2.75) is 19.4 Å². The zero-order chi connectivity index (χ0) is 17.6. The van der Waals surface area contributed by atoms with Gasteiger partial charge in [0.2, 0.25) is 0 Å². The van der Waals surface area contributed by atoms with Crippen LogP contribution >= 0.6 is 11.6 Å². The molecule has 1 amide bonds. The maximum Gasteiger partial charge on any atom is 0.263 e. The van der Waals surface area contributed by atoms with Crippen molar-refractivity contribution in [3.8, 4) is 5.75 Å². The molecule has 1 heterocycles. The van der Waals surface area contributed by atoms with E-state index in [0.29, 0.717) is 19.5 Å². The molecular weight excluding hydrogens is 336 g/mol. The Kier molecular flexibility index (Phi) is 5.82. The molecule has 0 spiro atoms. The molecular formula is C20H23ClN2O2. The second-order valence-electron chi connectivity index (χ2n) is 6.12. The van der Waals surface area contributed by atoms with Gasteiger partial charge in [0.25, 0.3) is 5.91 Å². The second kappa shape index (κ2) is 8.26. The van der Waals surface area contributed by atoms with Gasteiger partial charge in [-0.2, -0.15) is 0 Å². The van der Waals surface area contributed by atoms with Crippen LogP contribution in [0.3, 0.4) is 0 Å². The van der Waals surface area contributed by atoms with E-state index in [9.17, 15) is 4.79 Å². The smallest absolute Gasteiger partial charge is 0.263 e. The van der Waals surface area contributed by atoms with Crippen LogP contribution in [0.2, 0.25) is 5.02 Å². The minimum absolute atomic E-state index is 0.0668. The first-order valence-electron chi connectivity index (χ1n) is 8.68. The van der Waals surface area contributed by atoms with Crippen LogP contribution in [-0.4, -0.2) is 43.1 Å². The molecule has 0 saturated carbocycles. The highest BCUT2D eigenvalue weighted by molar-refractivity contribution is 6.30. The van der Waals surface area contributed by atoms with Crippen LogP contribution in [-0.2, 0) is 4.79 Å². The molecule has 5 heteroatoms. The molecule has 0 radical (unpaired) electrons. The van der Waals surface area contributed by atoms with Crippen LogP contribution in [0, 0.1) is 0 Å². The maximum atomic E-state index is 12.8. The summed E-state index contributed by atoms with van der Waals surface area (Å²) in [5, 5.41) is 0.735. The minimum Gasteiger partial charge on any atom is -0.481 e. The van der Waals surface area contributed by atoms with E-state index in [1.165, 1.54) is 0 Å². The summed E-state index contributed by atoms with van der Waals surface area (Å²) in [5.74, 6) is 0.803. The van der Waals surface area contributed by atoms with Gasteiger partial charge in [-0.1, -0.05) is 42.8 Å². The molecule has 1 aliphatic rings. The van der Waals surface area contributed by atoms with Crippen molar-refractivity contribution in [2.24, 2.45) is 0 Å². The summed E-state index contributed by atoms with van der Waals surface area (Å²) in [5.41, 5.74) is 1.10. The first-order valence-corrected chi connectivity index (χ1v) is 9.06. The predicted octanol–water partition coefficient (Wildman–Crippen LogP) is 3.85. The van der Waals surface area contributed by atoms with Crippen molar-refractivity contribution in [3.63, 3.8) is 0 Å². The largest absolute Gasteiger partial charge is 0.481 e. The van der Waals surface area contributed by atoms with Crippen LogP contribution in [0.1, 0.15) is 13.3 Å². The molecule has 1 saturated heterocycles. The summed E-state index contributed by atoms with van der Waals surface area (Å²) in [7, 11) is 0. The van der Waals surface area contributed by atoms with Gasteiger partial charge in [0.15, 0.2) is 6.10 Å². The number of rotatable bonds is 5. The van der Waals surface area contributed by atoms with Gasteiger partial charge < -0.3 is 14.5 Å². The third kappa shape index (κ3) is 4.45. The number of ether oxygens (including phenoxy) is 1. The third-order valence-electron chi connectivity index (χ3n) is 4.43. The fraction of sp³-hybridized carbons (Fsp3) is 0.350. The highest BCUT2D eigenvalue weighted by Crippen LogP contribution is 2.21. The predicted molar refractivity (Wildman–Crippen MR) is 101 cm³/mol.